The lowest BCUT2D eigenvalue weighted by molar-refractivity contribution is 0.232. The second-order valence-corrected chi connectivity index (χ2v) is 32.2. The van der Waals surface area contributed by atoms with E-state index in [1.54, 1.807) is 43.3 Å². The van der Waals surface area contributed by atoms with Gasteiger partial charge in [0, 0.05) is 19.5 Å². The number of fused-ring (bicyclic) bond motifs is 2. The highest BCUT2D eigenvalue weighted by Crippen LogP contribution is 2.37. The van der Waals surface area contributed by atoms with Crippen molar-refractivity contribution < 1.29 is 35.9 Å². The van der Waals surface area contributed by atoms with Crippen molar-refractivity contribution in [2.24, 2.45) is 0 Å². The molecule has 0 aliphatic heterocycles. The first kappa shape index (κ1) is 56.0. The number of benzene rings is 4. The molecule has 6 rings (SSSR count). The summed E-state index contributed by atoms with van der Waals surface area (Å²) in [4.78, 5) is 24.4. The average Bonchev–Trinajstić information content (AvgIpc) is 3.28. The van der Waals surface area contributed by atoms with E-state index in [4.69, 9.17) is 27.5 Å². The Balaban J connectivity index is 0.000000240. The van der Waals surface area contributed by atoms with Crippen molar-refractivity contribution in [3.05, 3.63) is 151 Å². The molecule has 0 aliphatic carbocycles. The summed E-state index contributed by atoms with van der Waals surface area (Å²) in [5.74, 6) is 0.291. The molecule has 6 aromatic rings. The molecule has 10 nitrogen and oxygen atoms in total. The van der Waals surface area contributed by atoms with E-state index in [0.29, 0.717) is 45.1 Å². The third-order valence-electron chi connectivity index (χ3n) is 13.2. The Morgan fingerprint density at radius 3 is 1.38 bits per heavy atom. The van der Waals surface area contributed by atoms with Crippen LogP contribution in [0.4, 0.5) is 0 Å². The van der Waals surface area contributed by atoms with E-state index in [1.807, 2.05) is 24.3 Å². The molecule has 0 unspecified atom stereocenters. The van der Waals surface area contributed by atoms with Gasteiger partial charge in [0.15, 0.2) is 27.5 Å². The van der Waals surface area contributed by atoms with E-state index in [-0.39, 0.29) is 33.2 Å². The maximum Gasteiger partial charge on any atom is 0.292 e. The Morgan fingerprint density at radius 2 is 0.956 bits per heavy atom. The lowest BCUT2D eigenvalue weighted by atomic mass is 10.1. The first-order chi connectivity index (χ1) is 31.8. The third-order valence-corrected chi connectivity index (χ3v) is 23.3. The minimum absolute atomic E-state index is 0.0465. The fourth-order valence-electron chi connectivity index (χ4n) is 6.63. The molecule has 13 heteroatoms. The summed E-state index contributed by atoms with van der Waals surface area (Å²) >= 11 is 0. The van der Waals surface area contributed by atoms with Crippen LogP contribution in [0.15, 0.2) is 121 Å². The van der Waals surface area contributed by atoms with Crippen molar-refractivity contribution in [3.63, 3.8) is 0 Å². The highest BCUT2D eigenvalue weighted by atomic mass is 32.2. The van der Waals surface area contributed by atoms with Crippen LogP contribution in [0.2, 0.25) is 36.3 Å². The lowest BCUT2D eigenvalue weighted by Gasteiger charge is -2.36. The summed E-state index contributed by atoms with van der Waals surface area (Å²) in [6.07, 6.45) is 7.63. The molecule has 68 heavy (non-hydrogen) atoms. The van der Waals surface area contributed by atoms with Crippen LogP contribution >= 0.6 is 0 Å². The lowest BCUT2D eigenvalue weighted by Crippen LogP contribution is -2.40. The average molecular weight is 985 g/mol. The quantitative estimate of drug-likeness (QED) is 0.0693. The number of sulfone groups is 1. The van der Waals surface area contributed by atoms with Gasteiger partial charge in [-0.25, -0.2) is 8.42 Å². The van der Waals surface area contributed by atoms with Crippen molar-refractivity contribution in [2.75, 3.05) is 19.5 Å². The van der Waals surface area contributed by atoms with Gasteiger partial charge in [-0.15, -0.1) is 0 Å². The molecule has 370 valence electrons. The highest BCUT2D eigenvalue weighted by molar-refractivity contribution is 7.90. The molecule has 0 saturated carbocycles. The van der Waals surface area contributed by atoms with Crippen LogP contribution in [0, 0.1) is 13.8 Å². The summed E-state index contributed by atoms with van der Waals surface area (Å²) in [6.45, 7) is 28.3. The summed E-state index contributed by atoms with van der Waals surface area (Å²) in [7, 11) is -6.73. The van der Waals surface area contributed by atoms with Crippen molar-refractivity contribution in [1.29, 1.82) is 0 Å². The minimum atomic E-state index is -3.51. The second-order valence-electron chi connectivity index (χ2n) is 20.7. The van der Waals surface area contributed by atoms with Crippen LogP contribution in [0.25, 0.3) is 21.9 Å². The van der Waals surface area contributed by atoms with Crippen molar-refractivity contribution in [1.82, 2.24) is 0 Å². The zero-order valence-corrected chi connectivity index (χ0v) is 45.7. The van der Waals surface area contributed by atoms with Gasteiger partial charge in [0.2, 0.25) is 14.9 Å². The molecule has 4 aromatic carbocycles. The topological polar surface area (TPSA) is 142 Å². The molecule has 1 N–H and O–H groups in total. The van der Waals surface area contributed by atoms with Gasteiger partial charge in [0.05, 0.1) is 28.5 Å². The van der Waals surface area contributed by atoms with Crippen LogP contribution in [0.1, 0.15) is 101 Å². The molecule has 0 aliphatic rings. The number of rotatable bonds is 17. The molecule has 0 bridgehead atoms. The minimum Gasteiger partial charge on any atom is -0.460 e. The fraction of sp³-hybridized carbons (Fsp3) is 0.455. The van der Waals surface area contributed by atoms with E-state index in [2.05, 4.69) is 104 Å². The smallest absolute Gasteiger partial charge is 0.292 e. The van der Waals surface area contributed by atoms with E-state index < -0.39 is 26.5 Å². The van der Waals surface area contributed by atoms with Crippen LogP contribution < -0.4 is 15.6 Å². The number of aryl methyl sites for hydroxylation is 2. The third kappa shape index (κ3) is 16.0. The molecular formula is C55H76O10SSi2. The van der Waals surface area contributed by atoms with Crippen LogP contribution in [-0.4, -0.2) is 49.6 Å². The van der Waals surface area contributed by atoms with Gasteiger partial charge in [0.1, 0.15) is 17.8 Å². The van der Waals surface area contributed by atoms with Crippen molar-refractivity contribution in [3.8, 4) is 5.95 Å². The van der Waals surface area contributed by atoms with Gasteiger partial charge < -0.3 is 27.5 Å². The predicted molar refractivity (Wildman–Crippen MR) is 283 cm³/mol. The van der Waals surface area contributed by atoms with Crippen LogP contribution in [-0.2, 0) is 44.7 Å². The second kappa shape index (κ2) is 24.3. The van der Waals surface area contributed by atoms with Gasteiger partial charge in [-0.3, -0.25) is 9.59 Å². The Hall–Kier alpha value is -4.64. The van der Waals surface area contributed by atoms with Crippen LogP contribution in [0.3, 0.4) is 0 Å². The maximum absolute atomic E-state index is 12.5. The zero-order chi connectivity index (χ0) is 50.5. The Kier molecular flexibility index (Phi) is 20.0. The first-order valence-corrected chi connectivity index (χ1v) is 31.4. The fourth-order valence-corrected chi connectivity index (χ4v) is 9.70. The SMILES string of the molecule is CC(C)(C)[Si](C)(C)OCCCCc1ccc(CO)cc1.Cc1c(OCc2ccc(CCCCO[Si](C)(C)C(C)(C)C)cc2)oc2ccccc2c1=O.Cc1c(S(C)(=O)=O)oc2ccccc2c1=O. The van der Waals surface area contributed by atoms with Gasteiger partial charge in [-0.1, -0.05) is 114 Å². The van der Waals surface area contributed by atoms with E-state index in [0.717, 1.165) is 69.1 Å². The van der Waals surface area contributed by atoms with Gasteiger partial charge in [-0.05, 0) is 135 Å². The summed E-state index contributed by atoms with van der Waals surface area (Å²) in [5, 5.41) is 10.3. The summed E-state index contributed by atoms with van der Waals surface area (Å²) < 4.78 is 52.2. The number of para-hydroxylation sites is 2. The zero-order valence-electron chi connectivity index (χ0n) is 42.8. The Labute approximate surface area is 407 Å². The predicted octanol–water partition coefficient (Wildman–Crippen LogP) is 13.1. The number of unbranched alkanes of at least 4 members (excludes halogenated alkanes) is 2. The summed E-state index contributed by atoms with van der Waals surface area (Å²) in [6, 6.07) is 30.5. The Morgan fingerprint density at radius 1 is 0.559 bits per heavy atom. The molecule has 0 saturated heterocycles. The number of aliphatic hydroxyl groups excluding tert-OH is 1. The van der Waals surface area contributed by atoms with Gasteiger partial charge in [0.25, 0.3) is 5.95 Å². The van der Waals surface area contributed by atoms with Crippen molar-refractivity contribution in [2.45, 2.75) is 148 Å². The van der Waals surface area contributed by atoms with Crippen molar-refractivity contribution >= 4 is 48.4 Å². The molecule has 0 amide bonds. The number of hydrogen-bond donors (Lipinski definition) is 1. The molecule has 0 atom stereocenters. The normalized spacial score (nSPS) is 12.3. The Bertz CT molecular complexity index is 2780. The van der Waals surface area contributed by atoms with Gasteiger partial charge in [-0.2, -0.15) is 0 Å². The van der Waals surface area contributed by atoms with E-state index >= 15 is 0 Å². The number of aliphatic hydroxyl groups is 1. The van der Waals surface area contributed by atoms with Crippen LogP contribution in [0.5, 0.6) is 5.95 Å². The molecule has 0 fully saturated rings. The first-order valence-electron chi connectivity index (χ1n) is 23.7. The number of ether oxygens (including phenoxy) is 1. The maximum atomic E-state index is 12.5. The molecule has 0 spiro atoms. The number of hydrogen-bond acceptors (Lipinski definition) is 10. The molecular weight excluding hydrogens is 909 g/mol. The molecule has 0 radical (unpaired) electrons. The molecule has 2 aromatic heterocycles. The van der Waals surface area contributed by atoms with Gasteiger partial charge >= 0.3 is 0 Å². The monoisotopic (exact) mass is 984 g/mol. The summed E-state index contributed by atoms with van der Waals surface area (Å²) in [5.41, 5.74) is 5.80. The standard InChI is InChI=1S/C27H36O4Si.C17H30O2Si.C11H10O4S/c1-20-25(28)23-12-7-8-13-24(23)31-26(20)29-19-22-16-14-21(15-17-22)11-9-10-18-30-32(5,6)27(2,3)4;1-17(2,3)20(4,5)19-13-7-6-8-15-9-11-16(14-18)12-10-15;1-7-10(12)8-5-3-4-6-9(8)15-11(7)16(2,13)14/h7-8,12-17H,9-11,18-19H2,1-6H3;9-12,18H,6-8,13-14H2,1-5H3;3-6H,1-2H3. The van der Waals surface area contributed by atoms with E-state index in [9.17, 15) is 18.0 Å². The highest BCUT2D eigenvalue weighted by Gasteiger charge is 2.37. The molecule has 2 heterocycles. The van der Waals surface area contributed by atoms with E-state index in [1.165, 1.54) is 18.1 Å². The largest absolute Gasteiger partial charge is 0.460 e.